The van der Waals surface area contributed by atoms with E-state index >= 15 is 0 Å². The van der Waals surface area contributed by atoms with Crippen LogP contribution in [0.5, 0.6) is 0 Å². The lowest BCUT2D eigenvalue weighted by molar-refractivity contribution is -0.132. The van der Waals surface area contributed by atoms with Crippen LogP contribution in [0.1, 0.15) is 42.5 Å². The van der Waals surface area contributed by atoms with Gasteiger partial charge in [-0.15, -0.1) is 0 Å². The van der Waals surface area contributed by atoms with Crippen LogP contribution in [-0.2, 0) is 11.2 Å². The predicted molar refractivity (Wildman–Crippen MR) is 122 cm³/mol. The van der Waals surface area contributed by atoms with Crippen molar-refractivity contribution < 1.29 is 9.18 Å². The summed E-state index contributed by atoms with van der Waals surface area (Å²) in [7, 11) is 0. The summed E-state index contributed by atoms with van der Waals surface area (Å²) in [6, 6.07) is 14.0. The molecule has 1 amide bonds. The number of aromatic amines is 1. The van der Waals surface area contributed by atoms with Crippen molar-refractivity contribution in [3.8, 4) is 0 Å². The van der Waals surface area contributed by atoms with Crippen molar-refractivity contribution in [1.29, 1.82) is 0 Å². The summed E-state index contributed by atoms with van der Waals surface area (Å²) in [6.07, 6.45) is 4.16. The van der Waals surface area contributed by atoms with Crippen LogP contribution in [0, 0.1) is 5.82 Å². The second-order valence-corrected chi connectivity index (χ2v) is 8.10. The number of H-pyrrole nitrogens is 1. The van der Waals surface area contributed by atoms with E-state index in [4.69, 9.17) is 0 Å². The topological polar surface area (TPSA) is 99.7 Å². The highest BCUT2D eigenvalue weighted by molar-refractivity contribution is 5.88. The van der Waals surface area contributed by atoms with Gasteiger partial charge in [0, 0.05) is 31.3 Å². The first kappa shape index (κ1) is 21.0. The fraction of sp³-hybridized carbons (Fsp3) is 0.292. The number of hydrogen-bond acceptors (Lipinski definition) is 6. The van der Waals surface area contributed by atoms with Gasteiger partial charge < -0.3 is 10.2 Å². The van der Waals surface area contributed by atoms with Gasteiger partial charge >= 0.3 is 0 Å². The summed E-state index contributed by atoms with van der Waals surface area (Å²) in [5, 5.41) is 11.5. The molecular weight excluding hydrogens is 421 g/mol. The highest BCUT2D eigenvalue weighted by Gasteiger charge is 2.32. The molecule has 1 unspecified atom stereocenters. The Labute approximate surface area is 190 Å². The number of benzene rings is 2. The number of aromatic nitrogens is 5. The first-order chi connectivity index (χ1) is 16.2. The molecule has 0 bridgehead atoms. The molecule has 33 heavy (non-hydrogen) atoms. The molecule has 2 aromatic carbocycles. The maximum absolute atomic E-state index is 13.1. The number of fused-ring (bicyclic) bond motifs is 1. The quantitative estimate of drug-likeness (QED) is 0.451. The molecule has 1 saturated heterocycles. The molecule has 1 fully saturated rings. The number of rotatable bonds is 7. The zero-order valence-corrected chi connectivity index (χ0v) is 18.0. The summed E-state index contributed by atoms with van der Waals surface area (Å²) < 4.78 is 13.1. The number of nitrogens with zero attached hydrogens (tertiary/aromatic N) is 5. The molecule has 0 radical (unpaired) electrons. The van der Waals surface area contributed by atoms with E-state index in [0.717, 1.165) is 35.1 Å². The van der Waals surface area contributed by atoms with Crippen LogP contribution >= 0.6 is 0 Å². The third-order valence-corrected chi connectivity index (χ3v) is 5.88. The Morgan fingerprint density at radius 3 is 2.88 bits per heavy atom. The Bertz CT molecular complexity index is 1250. The first-order valence-corrected chi connectivity index (χ1v) is 11.1. The number of likely N-dealkylation sites (tertiary alicyclic amines) is 1. The highest BCUT2D eigenvalue weighted by Crippen LogP contribution is 2.30. The Morgan fingerprint density at radius 1 is 1.15 bits per heavy atom. The van der Waals surface area contributed by atoms with E-state index in [1.165, 1.54) is 18.5 Å². The number of para-hydroxylation sites is 1. The summed E-state index contributed by atoms with van der Waals surface area (Å²) >= 11 is 0. The molecule has 1 atom stereocenters. The van der Waals surface area contributed by atoms with Gasteiger partial charge in [0.1, 0.15) is 23.8 Å². The van der Waals surface area contributed by atoms with E-state index in [1.54, 1.807) is 12.1 Å². The normalized spacial score (nSPS) is 15.8. The Balaban J connectivity index is 1.20. The molecule has 1 aliphatic rings. The molecule has 3 heterocycles. The average Bonchev–Trinajstić information content (AvgIpc) is 3.50. The number of hydrogen-bond donors (Lipinski definition) is 2. The van der Waals surface area contributed by atoms with E-state index in [0.29, 0.717) is 37.6 Å². The molecule has 4 aromatic rings. The maximum Gasteiger partial charge on any atom is 0.224 e. The summed E-state index contributed by atoms with van der Waals surface area (Å²) in [5.41, 5.74) is 1.81. The van der Waals surface area contributed by atoms with E-state index in [9.17, 15) is 9.18 Å². The first-order valence-electron chi connectivity index (χ1n) is 11.1. The zero-order chi connectivity index (χ0) is 22.6. The van der Waals surface area contributed by atoms with Crippen LogP contribution < -0.4 is 5.32 Å². The molecule has 9 heteroatoms. The summed E-state index contributed by atoms with van der Waals surface area (Å²) in [4.78, 5) is 28.0. The Morgan fingerprint density at radius 2 is 2.00 bits per heavy atom. The number of anilines is 1. The van der Waals surface area contributed by atoms with Gasteiger partial charge in [0.25, 0.3) is 0 Å². The van der Waals surface area contributed by atoms with Gasteiger partial charge in [-0.05, 0) is 42.7 Å². The largest absolute Gasteiger partial charge is 0.369 e. The van der Waals surface area contributed by atoms with Crippen LogP contribution in [0.4, 0.5) is 10.2 Å². The van der Waals surface area contributed by atoms with Crippen molar-refractivity contribution >= 4 is 22.6 Å². The van der Waals surface area contributed by atoms with Crippen LogP contribution in [0.25, 0.3) is 10.9 Å². The van der Waals surface area contributed by atoms with Crippen LogP contribution in [0.3, 0.4) is 0 Å². The number of carbonyl (C=O) groups is 1. The molecule has 8 nitrogen and oxygen atoms in total. The van der Waals surface area contributed by atoms with Gasteiger partial charge in [0.2, 0.25) is 5.91 Å². The predicted octanol–water partition coefficient (Wildman–Crippen LogP) is 3.64. The summed E-state index contributed by atoms with van der Waals surface area (Å²) in [5.74, 6) is 1.86. The second-order valence-electron chi connectivity index (χ2n) is 8.10. The fourth-order valence-corrected chi connectivity index (χ4v) is 4.24. The van der Waals surface area contributed by atoms with Crippen molar-refractivity contribution in [3.63, 3.8) is 0 Å². The number of carbonyl (C=O) groups excluding carboxylic acids is 1. The Hall–Kier alpha value is -3.88. The van der Waals surface area contributed by atoms with E-state index in [2.05, 4.69) is 30.5 Å². The number of amides is 1. The van der Waals surface area contributed by atoms with Crippen molar-refractivity contribution in [1.82, 2.24) is 30.0 Å². The molecule has 5 rings (SSSR count). The second kappa shape index (κ2) is 9.32. The molecular formula is C24H24FN7O. The fourth-order valence-electron chi connectivity index (χ4n) is 4.24. The van der Waals surface area contributed by atoms with Gasteiger partial charge in [0.15, 0.2) is 5.82 Å². The van der Waals surface area contributed by atoms with Crippen molar-refractivity contribution in [2.24, 2.45) is 0 Å². The van der Waals surface area contributed by atoms with Crippen LogP contribution in [0.2, 0.25) is 0 Å². The van der Waals surface area contributed by atoms with E-state index in [1.807, 2.05) is 29.2 Å². The lowest BCUT2D eigenvalue weighted by Crippen LogP contribution is -2.32. The smallest absolute Gasteiger partial charge is 0.224 e. The molecule has 0 aliphatic carbocycles. The van der Waals surface area contributed by atoms with E-state index in [-0.39, 0.29) is 17.8 Å². The third-order valence-electron chi connectivity index (χ3n) is 5.88. The monoisotopic (exact) mass is 445 g/mol. The SMILES string of the molecule is O=C(CCNc1ncnc2ccccc12)N1CCCC1c1n[nH]c(Cc2ccc(F)cc2)n1. The van der Waals surface area contributed by atoms with Crippen molar-refractivity contribution in [2.75, 3.05) is 18.4 Å². The molecule has 2 aromatic heterocycles. The molecule has 0 saturated carbocycles. The third kappa shape index (κ3) is 4.67. The standard InChI is InChI=1S/C24H24FN7O/c25-17-9-7-16(8-10-17)14-21-29-24(31-30-21)20-6-3-13-32(20)22(33)11-12-26-23-18-4-1-2-5-19(18)27-15-28-23/h1-2,4-5,7-10,15,20H,3,6,11-14H2,(H,26,27,28)(H,29,30,31). The minimum atomic E-state index is -0.264. The minimum Gasteiger partial charge on any atom is -0.369 e. The molecule has 168 valence electrons. The van der Waals surface area contributed by atoms with Crippen molar-refractivity contribution in [2.45, 2.75) is 31.7 Å². The maximum atomic E-state index is 13.1. The van der Waals surface area contributed by atoms with Gasteiger partial charge in [-0.3, -0.25) is 9.89 Å². The zero-order valence-electron chi connectivity index (χ0n) is 18.0. The molecule has 2 N–H and O–H groups in total. The minimum absolute atomic E-state index is 0.0632. The van der Waals surface area contributed by atoms with Gasteiger partial charge in [-0.25, -0.2) is 19.3 Å². The van der Waals surface area contributed by atoms with Gasteiger partial charge in [-0.2, -0.15) is 5.10 Å². The van der Waals surface area contributed by atoms with Crippen LogP contribution in [0.15, 0.2) is 54.9 Å². The lowest BCUT2D eigenvalue weighted by atomic mass is 10.1. The number of halogens is 1. The molecule has 0 spiro atoms. The summed E-state index contributed by atoms with van der Waals surface area (Å²) in [6.45, 7) is 1.18. The van der Waals surface area contributed by atoms with E-state index < -0.39 is 0 Å². The lowest BCUT2D eigenvalue weighted by Gasteiger charge is -2.22. The Kier molecular flexibility index (Phi) is 5.93. The van der Waals surface area contributed by atoms with Gasteiger partial charge in [0.05, 0.1) is 11.6 Å². The number of nitrogens with one attached hydrogen (secondary N) is 2. The molecule has 1 aliphatic heterocycles. The average molecular weight is 446 g/mol. The van der Waals surface area contributed by atoms with Gasteiger partial charge in [-0.1, -0.05) is 24.3 Å². The van der Waals surface area contributed by atoms with Crippen LogP contribution in [-0.4, -0.2) is 49.0 Å². The highest BCUT2D eigenvalue weighted by atomic mass is 19.1. The van der Waals surface area contributed by atoms with Crippen molar-refractivity contribution in [3.05, 3.63) is 77.9 Å².